The molecule has 0 radical (unpaired) electrons. The van der Waals surface area contributed by atoms with Crippen LogP contribution in [-0.4, -0.2) is 41.1 Å². The van der Waals surface area contributed by atoms with E-state index in [1.54, 1.807) is 6.92 Å². The Morgan fingerprint density at radius 3 is 2.57 bits per heavy atom. The fraction of sp³-hybridized carbons (Fsp3) is 0.444. The molecular weight excluding hydrogens is 377 g/mol. The molecule has 3 rings (SSSR count). The van der Waals surface area contributed by atoms with Crippen molar-refractivity contribution in [3.05, 3.63) is 29.3 Å². The van der Waals surface area contributed by atoms with E-state index in [2.05, 4.69) is 10.5 Å². The number of amides is 2. The maximum absolute atomic E-state index is 13.3. The Bertz CT molecular complexity index is 900. The highest BCUT2D eigenvalue weighted by Crippen LogP contribution is 2.33. The Balaban J connectivity index is 1.86. The maximum atomic E-state index is 13.3. The maximum Gasteiger partial charge on any atom is 0.416 e. The Morgan fingerprint density at radius 1 is 1.36 bits per heavy atom. The molecule has 1 unspecified atom stereocenters. The number of likely N-dealkylation sites (tertiary alicyclic amines) is 1. The first-order chi connectivity index (χ1) is 13.0. The van der Waals surface area contributed by atoms with Gasteiger partial charge in [0.2, 0.25) is 5.60 Å². The number of halogens is 3. The summed E-state index contributed by atoms with van der Waals surface area (Å²) in [7, 11) is 0. The van der Waals surface area contributed by atoms with E-state index in [0.717, 1.165) is 12.1 Å². The second-order valence-electron chi connectivity index (χ2n) is 7.11. The summed E-state index contributed by atoms with van der Waals surface area (Å²) >= 11 is 0. The van der Waals surface area contributed by atoms with Gasteiger partial charge in [-0.1, -0.05) is 5.16 Å². The molecule has 2 aliphatic heterocycles. The van der Waals surface area contributed by atoms with Crippen molar-refractivity contribution in [1.82, 2.24) is 4.90 Å². The lowest BCUT2D eigenvalue weighted by Gasteiger charge is -2.35. The minimum atomic E-state index is -4.70. The highest BCUT2D eigenvalue weighted by Gasteiger charge is 2.41. The number of hydrogen-bond donors (Lipinski definition) is 1. The molecule has 148 valence electrons. The zero-order valence-corrected chi connectivity index (χ0v) is 15.1. The summed E-state index contributed by atoms with van der Waals surface area (Å²) in [6, 6.07) is 4.67. The first kappa shape index (κ1) is 19.7. The summed E-state index contributed by atoms with van der Waals surface area (Å²) in [6.07, 6.45) is -4.50. The van der Waals surface area contributed by atoms with Gasteiger partial charge in [-0.3, -0.25) is 9.59 Å². The zero-order valence-electron chi connectivity index (χ0n) is 15.1. The molecule has 10 heteroatoms. The molecular formula is C18H17F3N4O3. The van der Waals surface area contributed by atoms with E-state index < -0.39 is 29.2 Å². The van der Waals surface area contributed by atoms with Gasteiger partial charge in [-0.05, 0) is 32.0 Å². The SMILES string of the molecule is CC1=NOC(C)(C(=O)Nc2cc(C(=O)N3CC(C#N)C3)cc(C(F)(F)F)c2)C1. The Labute approximate surface area is 158 Å². The van der Waals surface area contributed by atoms with Gasteiger partial charge in [-0.25, -0.2) is 0 Å². The monoisotopic (exact) mass is 394 g/mol. The van der Waals surface area contributed by atoms with Crippen molar-refractivity contribution in [2.24, 2.45) is 11.1 Å². The molecule has 0 aromatic heterocycles. The van der Waals surface area contributed by atoms with Crippen LogP contribution in [0.2, 0.25) is 0 Å². The van der Waals surface area contributed by atoms with Crippen molar-refractivity contribution in [3.8, 4) is 6.07 Å². The van der Waals surface area contributed by atoms with E-state index in [1.165, 1.54) is 17.9 Å². The van der Waals surface area contributed by atoms with Crippen LogP contribution in [0, 0.1) is 17.2 Å². The number of anilines is 1. The fourth-order valence-electron chi connectivity index (χ4n) is 3.01. The van der Waals surface area contributed by atoms with E-state index in [9.17, 15) is 22.8 Å². The standard InChI is InChI=1S/C18H17F3N4O3/c1-10-6-17(2,28-24-10)16(27)23-14-4-12(3-13(5-14)18(19,20)21)15(26)25-8-11(7-22)9-25/h3-5,11H,6,8-9H2,1-2H3,(H,23,27). The lowest BCUT2D eigenvalue weighted by Crippen LogP contribution is -2.49. The summed E-state index contributed by atoms with van der Waals surface area (Å²) in [5.74, 6) is -1.62. The van der Waals surface area contributed by atoms with E-state index in [-0.39, 0.29) is 36.7 Å². The third-order valence-electron chi connectivity index (χ3n) is 4.59. The van der Waals surface area contributed by atoms with Crippen LogP contribution in [0.3, 0.4) is 0 Å². The van der Waals surface area contributed by atoms with E-state index in [1.807, 2.05) is 6.07 Å². The number of benzene rings is 1. The van der Waals surface area contributed by atoms with Crippen molar-refractivity contribution in [2.45, 2.75) is 32.0 Å². The second-order valence-corrected chi connectivity index (χ2v) is 7.11. The first-order valence-corrected chi connectivity index (χ1v) is 8.46. The third-order valence-corrected chi connectivity index (χ3v) is 4.59. The third kappa shape index (κ3) is 3.78. The van der Waals surface area contributed by atoms with Gasteiger partial charge in [0.15, 0.2) is 0 Å². The topological polar surface area (TPSA) is 94.8 Å². The predicted molar refractivity (Wildman–Crippen MR) is 92.3 cm³/mol. The summed E-state index contributed by atoms with van der Waals surface area (Å²) in [5, 5.41) is 14.9. The first-order valence-electron chi connectivity index (χ1n) is 8.46. The summed E-state index contributed by atoms with van der Waals surface area (Å²) < 4.78 is 39.8. The number of oxime groups is 1. The minimum absolute atomic E-state index is 0.162. The van der Waals surface area contributed by atoms with Gasteiger partial charge in [0.25, 0.3) is 11.8 Å². The van der Waals surface area contributed by atoms with Gasteiger partial charge < -0.3 is 15.1 Å². The fourth-order valence-corrected chi connectivity index (χ4v) is 3.01. The van der Waals surface area contributed by atoms with E-state index in [0.29, 0.717) is 5.71 Å². The Hall–Kier alpha value is -3.09. The number of hydrogen-bond acceptors (Lipinski definition) is 5. The van der Waals surface area contributed by atoms with Crippen LogP contribution < -0.4 is 5.32 Å². The minimum Gasteiger partial charge on any atom is -0.379 e. The van der Waals surface area contributed by atoms with Gasteiger partial charge >= 0.3 is 6.18 Å². The molecule has 2 aliphatic rings. The molecule has 7 nitrogen and oxygen atoms in total. The lowest BCUT2D eigenvalue weighted by molar-refractivity contribution is -0.138. The zero-order chi connectivity index (χ0) is 20.7. The molecule has 1 fully saturated rings. The quantitative estimate of drug-likeness (QED) is 0.853. The molecule has 0 spiro atoms. The van der Waals surface area contributed by atoms with Crippen molar-refractivity contribution in [2.75, 3.05) is 18.4 Å². The molecule has 2 amide bonds. The second kappa shape index (κ2) is 6.82. The molecule has 1 aromatic rings. The van der Waals surface area contributed by atoms with Crippen LogP contribution in [0.15, 0.2) is 23.4 Å². The van der Waals surface area contributed by atoms with Crippen LogP contribution >= 0.6 is 0 Å². The molecule has 1 saturated heterocycles. The molecule has 0 bridgehead atoms. The molecule has 0 saturated carbocycles. The predicted octanol–water partition coefficient (Wildman–Crippen LogP) is 2.79. The number of rotatable bonds is 3. The normalized spacial score (nSPS) is 22.0. The average Bonchev–Trinajstić information content (AvgIpc) is 2.93. The van der Waals surface area contributed by atoms with Crippen molar-refractivity contribution >= 4 is 23.2 Å². The van der Waals surface area contributed by atoms with Crippen LogP contribution in [-0.2, 0) is 15.8 Å². The Morgan fingerprint density at radius 2 is 2.04 bits per heavy atom. The highest BCUT2D eigenvalue weighted by atomic mass is 19.4. The molecule has 1 atom stereocenters. The molecule has 0 aliphatic carbocycles. The highest BCUT2D eigenvalue weighted by molar-refractivity contribution is 6.03. The number of nitriles is 1. The molecule has 28 heavy (non-hydrogen) atoms. The van der Waals surface area contributed by atoms with Crippen LogP contribution in [0.4, 0.5) is 18.9 Å². The smallest absolute Gasteiger partial charge is 0.379 e. The van der Waals surface area contributed by atoms with Crippen molar-refractivity contribution in [3.63, 3.8) is 0 Å². The summed E-state index contributed by atoms with van der Waals surface area (Å²) in [4.78, 5) is 31.3. The van der Waals surface area contributed by atoms with Gasteiger partial charge in [-0.15, -0.1) is 0 Å². The van der Waals surface area contributed by atoms with Gasteiger partial charge in [0, 0.05) is 30.8 Å². The van der Waals surface area contributed by atoms with Crippen LogP contribution in [0.25, 0.3) is 0 Å². The van der Waals surface area contributed by atoms with Gasteiger partial charge in [0.1, 0.15) is 0 Å². The number of nitrogens with one attached hydrogen (secondary N) is 1. The van der Waals surface area contributed by atoms with Crippen molar-refractivity contribution < 1.29 is 27.6 Å². The molecule has 1 aromatic carbocycles. The molecule has 2 heterocycles. The van der Waals surface area contributed by atoms with E-state index >= 15 is 0 Å². The van der Waals surface area contributed by atoms with Crippen LogP contribution in [0.5, 0.6) is 0 Å². The Kier molecular flexibility index (Phi) is 4.79. The summed E-state index contributed by atoms with van der Waals surface area (Å²) in [5.41, 5.74) is -2.19. The van der Waals surface area contributed by atoms with Crippen LogP contribution in [0.1, 0.15) is 36.2 Å². The number of nitrogens with zero attached hydrogens (tertiary/aromatic N) is 3. The lowest BCUT2D eigenvalue weighted by atomic mass is 9.98. The van der Waals surface area contributed by atoms with Gasteiger partial charge in [-0.2, -0.15) is 18.4 Å². The van der Waals surface area contributed by atoms with Crippen molar-refractivity contribution in [1.29, 1.82) is 5.26 Å². The largest absolute Gasteiger partial charge is 0.416 e. The number of carbonyl (C=O) groups is 2. The number of carbonyl (C=O) groups excluding carboxylic acids is 2. The summed E-state index contributed by atoms with van der Waals surface area (Å²) in [6.45, 7) is 3.47. The van der Waals surface area contributed by atoms with Gasteiger partial charge in [0.05, 0.1) is 23.3 Å². The molecule has 1 N–H and O–H groups in total. The van der Waals surface area contributed by atoms with E-state index in [4.69, 9.17) is 10.1 Å². The number of alkyl halides is 3. The average molecular weight is 394 g/mol.